The largest absolute Gasteiger partial charge is 0.380 e. The summed E-state index contributed by atoms with van der Waals surface area (Å²) in [6.07, 6.45) is 0. The lowest BCUT2D eigenvalue weighted by Crippen LogP contribution is -2.30. The smallest absolute Gasteiger partial charge is 0.279 e. The van der Waals surface area contributed by atoms with Crippen LogP contribution in [-0.2, 0) is 21.3 Å². The van der Waals surface area contributed by atoms with E-state index >= 15 is 0 Å². The molecule has 1 aromatic heterocycles. The lowest BCUT2D eigenvalue weighted by atomic mass is 10.2. The number of fused-ring (bicyclic) bond motifs is 1. The normalized spacial score (nSPS) is 12.2. The Labute approximate surface area is 209 Å². The fourth-order valence-corrected chi connectivity index (χ4v) is 6.28. The van der Waals surface area contributed by atoms with E-state index in [-0.39, 0.29) is 11.4 Å². The summed E-state index contributed by atoms with van der Waals surface area (Å²) in [6.45, 7) is 5.72. The van der Waals surface area contributed by atoms with Crippen molar-refractivity contribution in [2.24, 2.45) is 4.99 Å². The van der Waals surface area contributed by atoms with Gasteiger partial charge in [-0.3, -0.25) is 9.10 Å². The molecule has 4 rings (SSSR count). The van der Waals surface area contributed by atoms with Gasteiger partial charge in [0.05, 0.1) is 27.4 Å². The minimum Gasteiger partial charge on any atom is -0.380 e. The molecule has 3 aromatic carbocycles. The van der Waals surface area contributed by atoms with Crippen molar-refractivity contribution in [3.63, 3.8) is 0 Å². The molecule has 9 heteroatoms. The fourth-order valence-electron chi connectivity index (χ4n) is 3.76. The average molecular weight is 510 g/mol. The first-order valence-electron chi connectivity index (χ1n) is 11.4. The number of thiazole rings is 1. The maximum Gasteiger partial charge on any atom is 0.279 e. The highest BCUT2D eigenvalue weighted by molar-refractivity contribution is 7.92. The molecule has 0 aliphatic carbocycles. The van der Waals surface area contributed by atoms with Gasteiger partial charge in [0.25, 0.3) is 15.9 Å². The predicted octanol–water partition coefficient (Wildman–Crippen LogP) is 4.70. The number of ether oxygens (including phenoxy) is 1. The van der Waals surface area contributed by atoms with E-state index in [2.05, 4.69) is 4.99 Å². The SMILES string of the molecule is CCOCCn1c(=NC(=O)c2ccc(S(=O)(=O)N(CC)c3ccccc3)cc2)sc2ccccc21. The first kappa shape index (κ1) is 24.8. The highest BCUT2D eigenvalue weighted by Crippen LogP contribution is 2.23. The number of sulfonamides is 1. The van der Waals surface area contributed by atoms with Crippen molar-refractivity contribution in [2.75, 3.05) is 24.1 Å². The number of hydrogen-bond donors (Lipinski definition) is 0. The Morgan fingerprint density at radius 1 is 0.971 bits per heavy atom. The molecule has 7 nitrogen and oxygen atoms in total. The van der Waals surface area contributed by atoms with Crippen LogP contribution >= 0.6 is 11.3 Å². The zero-order valence-electron chi connectivity index (χ0n) is 19.6. The molecule has 0 N–H and O–H groups in total. The summed E-state index contributed by atoms with van der Waals surface area (Å²) in [7, 11) is -3.77. The number of carbonyl (C=O) groups is 1. The molecule has 0 aliphatic rings. The summed E-state index contributed by atoms with van der Waals surface area (Å²) < 4.78 is 36.3. The van der Waals surface area contributed by atoms with Gasteiger partial charge in [-0.2, -0.15) is 4.99 Å². The molecule has 1 heterocycles. The molecule has 0 atom stereocenters. The van der Waals surface area contributed by atoms with Gasteiger partial charge in [0, 0.05) is 25.3 Å². The Hall–Kier alpha value is -3.27. The highest BCUT2D eigenvalue weighted by Gasteiger charge is 2.23. The molecule has 0 spiro atoms. The van der Waals surface area contributed by atoms with Crippen LogP contribution in [-0.4, -0.2) is 38.7 Å². The van der Waals surface area contributed by atoms with Gasteiger partial charge >= 0.3 is 0 Å². The lowest BCUT2D eigenvalue weighted by molar-refractivity contribution is 0.0996. The Morgan fingerprint density at radius 2 is 1.66 bits per heavy atom. The number of carbonyl (C=O) groups excluding carboxylic acids is 1. The van der Waals surface area contributed by atoms with Crippen LogP contribution in [0, 0.1) is 0 Å². The quantitative estimate of drug-likeness (QED) is 0.307. The fraction of sp³-hybridized carbons (Fsp3) is 0.231. The van der Waals surface area contributed by atoms with E-state index in [4.69, 9.17) is 4.74 Å². The van der Waals surface area contributed by atoms with Gasteiger partial charge in [-0.25, -0.2) is 8.42 Å². The number of anilines is 1. The second-order valence-corrected chi connectivity index (χ2v) is 10.5. The number of hydrogen-bond acceptors (Lipinski definition) is 5. The second-order valence-electron chi connectivity index (χ2n) is 7.65. The zero-order valence-corrected chi connectivity index (χ0v) is 21.3. The molecule has 0 bridgehead atoms. The monoisotopic (exact) mass is 509 g/mol. The number of rotatable bonds is 9. The van der Waals surface area contributed by atoms with Gasteiger partial charge in [0.2, 0.25) is 0 Å². The van der Waals surface area contributed by atoms with Gasteiger partial charge < -0.3 is 9.30 Å². The van der Waals surface area contributed by atoms with E-state index in [1.807, 2.05) is 41.8 Å². The Morgan fingerprint density at radius 3 is 2.34 bits per heavy atom. The summed E-state index contributed by atoms with van der Waals surface area (Å²) >= 11 is 1.43. The molecule has 0 saturated heterocycles. The Balaban J connectivity index is 1.63. The van der Waals surface area contributed by atoms with E-state index in [0.717, 1.165) is 10.2 Å². The molecular weight excluding hydrogens is 482 g/mol. The first-order valence-corrected chi connectivity index (χ1v) is 13.6. The molecule has 1 amide bonds. The Bertz CT molecular complexity index is 1470. The van der Waals surface area contributed by atoms with Gasteiger partial charge in [0.15, 0.2) is 4.80 Å². The van der Waals surface area contributed by atoms with Crippen LogP contribution in [0.1, 0.15) is 24.2 Å². The minimum absolute atomic E-state index is 0.119. The van der Waals surface area contributed by atoms with Crippen LogP contribution in [0.3, 0.4) is 0 Å². The van der Waals surface area contributed by atoms with Crippen molar-refractivity contribution < 1.29 is 17.9 Å². The lowest BCUT2D eigenvalue weighted by Gasteiger charge is -2.22. The van der Waals surface area contributed by atoms with E-state index in [9.17, 15) is 13.2 Å². The summed E-state index contributed by atoms with van der Waals surface area (Å²) in [4.78, 5) is 18.0. The van der Waals surface area contributed by atoms with Gasteiger partial charge in [0.1, 0.15) is 0 Å². The summed E-state index contributed by atoms with van der Waals surface area (Å²) in [5.41, 5.74) is 1.90. The summed E-state index contributed by atoms with van der Waals surface area (Å²) in [6, 6.07) is 22.8. The third-order valence-corrected chi connectivity index (χ3v) is 8.45. The van der Waals surface area contributed by atoms with Crippen molar-refractivity contribution in [1.29, 1.82) is 0 Å². The summed E-state index contributed by atoms with van der Waals surface area (Å²) in [5.74, 6) is -0.430. The topological polar surface area (TPSA) is 81.0 Å². The molecular formula is C26H27N3O4S2. The standard InChI is InChI=1S/C26H27N3O4S2/c1-3-29(21-10-6-5-7-11-21)35(31,32)22-16-14-20(15-17-22)25(30)27-26-28(18-19-33-4-2)23-12-8-9-13-24(23)34-26/h5-17H,3-4,18-19H2,1-2H3. The maximum absolute atomic E-state index is 13.2. The molecule has 0 aliphatic heterocycles. The molecule has 182 valence electrons. The molecule has 0 saturated carbocycles. The van der Waals surface area contributed by atoms with Crippen LogP contribution in [0.2, 0.25) is 0 Å². The van der Waals surface area contributed by atoms with Crippen molar-refractivity contribution in [3.05, 3.63) is 89.2 Å². The van der Waals surface area contributed by atoms with Crippen LogP contribution in [0.5, 0.6) is 0 Å². The minimum atomic E-state index is -3.77. The van der Waals surface area contributed by atoms with Crippen LogP contribution in [0.4, 0.5) is 5.69 Å². The van der Waals surface area contributed by atoms with E-state index < -0.39 is 15.9 Å². The Kier molecular flexibility index (Phi) is 7.80. The van der Waals surface area contributed by atoms with Crippen LogP contribution in [0.25, 0.3) is 10.2 Å². The van der Waals surface area contributed by atoms with E-state index in [1.165, 1.54) is 39.9 Å². The number of para-hydroxylation sites is 2. The van der Waals surface area contributed by atoms with Gasteiger partial charge in [-0.15, -0.1) is 0 Å². The maximum atomic E-state index is 13.2. The van der Waals surface area contributed by atoms with E-state index in [0.29, 0.717) is 35.8 Å². The molecule has 0 fully saturated rings. The predicted molar refractivity (Wildman–Crippen MR) is 139 cm³/mol. The van der Waals surface area contributed by atoms with E-state index in [1.54, 1.807) is 31.2 Å². The molecule has 4 aromatic rings. The number of nitrogens with zero attached hydrogens (tertiary/aromatic N) is 3. The van der Waals surface area contributed by atoms with Crippen LogP contribution < -0.4 is 9.11 Å². The third kappa shape index (κ3) is 5.37. The molecule has 0 radical (unpaired) electrons. The number of aromatic nitrogens is 1. The molecule has 35 heavy (non-hydrogen) atoms. The van der Waals surface area contributed by atoms with Gasteiger partial charge in [-0.05, 0) is 62.4 Å². The van der Waals surface area contributed by atoms with Crippen molar-refractivity contribution in [3.8, 4) is 0 Å². The third-order valence-electron chi connectivity index (χ3n) is 5.47. The van der Waals surface area contributed by atoms with Crippen molar-refractivity contribution >= 4 is 43.2 Å². The molecule has 0 unspecified atom stereocenters. The second kappa shape index (κ2) is 11.0. The first-order chi connectivity index (χ1) is 17.0. The van der Waals surface area contributed by atoms with Crippen molar-refractivity contribution in [1.82, 2.24) is 4.57 Å². The zero-order chi connectivity index (χ0) is 24.8. The average Bonchev–Trinajstić information content (AvgIpc) is 3.22. The van der Waals surface area contributed by atoms with Gasteiger partial charge in [-0.1, -0.05) is 41.7 Å². The summed E-state index contributed by atoms with van der Waals surface area (Å²) in [5, 5.41) is 0. The van der Waals surface area contributed by atoms with Crippen LogP contribution in [0.15, 0.2) is 88.8 Å². The number of amides is 1. The van der Waals surface area contributed by atoms with Crippen molar-refractivity contribution in [2.45, 2.75) is 25.3 Å². The number of benzene rings is 3. The highest BCUT2D eigenvalue weighted by atomic mass is 32.2.